The number of aromatic nitrogens is 4. The Kier molecular flexibility index (Phi) is 7.11. The zero-order valence-corrected chi connectivity index (χ0v) is 19.0. The maximum atomic E-state index is 13.5. The van der Waals surface area contributed by atoms with Gasteiger partial charge >= 0.3 is 0 Å². The van der Waals surface area contributed by atoms with Gasteiger partial charge in [-0.05, 0) is 72.3 Å². The lowest BCUT2D eigenvalue weighted by atomic mass is 9.93. The fourth-order valence-corrected chi connectivity index (χ4v) is 3.32. The molecule has 1 aromatic heterocycles. The number of carbonyl (C=O) groups is 2. The maximum absolute atomic E-state index is 13.5. The number of amides is 2. The normalized spacial score (nSPS) is 12.5. The molecule has 1 atom stereocenters. The zero-order chi connectivity index (χ0) is 24.0. The van der Waals surface area contributed by atoms with Crippen LogP contribution in [0, 0.1) is 0 Å². The van der Waals surface area contributed by atoms with Crippen LogP contribution in [0.2, 0.25) is 0 Å². The van der Waals surface area contributed by atoms with Crippen molar-refractivity contribution < 1.29 is 19.1 Å². The molecule has 2 amide bonds. The van der Waals surface area contributed by atoms with Crippen LogP contribution in [-0.2, 0) is 16.1 Å². The van der Waals surface area contributed by atoms with Crippen molar-refractivity contribution in [2.24, 2.45) is 0 Å². The van der Waals surface area contributed by atoms with E-state index in [2.05, 4.69) is 20.8 Å². The van der Waals surface area contributed by atoms with Crippen molar-refractivity contribution in [1.29, 1.82) is 0 Å². The van der Waals surface area contributed by atoms with Gasteiger partial charge in [0.1, 0.15) is 23.6 Å². The van der Waals surface area contributed by atoms with Crippen molar-refractivity contribution in [1.82, 2.24) is 20.2 Å². The number of carbonyl (C=O) groups excluding carboxylic acids is 2. The monoisotopic (exact) mass is 453 g/mol. The van der Waals surface area contributed by atoms with Gasteiger partial charge in [-0.15, -0.1) is 0 Å². The summed E-state index contributed by atoms with van der Waals surface area (Å²) in [6, 6.07) is 13.8. The number of anilines is 3. The Labute approximate surface area is 191 Å². The SMILES string of the molecule is CC[C@@](C)(C(=O)Nc1ccc(OC)cc1)N(C(=O)Cn1nnnc1N)c1ccc(OC)cc1. The van der Waals surface area contributed by atoms with Crippen LogP contribution in [0.1, 0.15) is 20.3 Å². The van der Waals surface area contributed by atoms with Crippen LogP contribution < -0.4 is 25.4 Å². The molecule has 3 aromatic rings. The summed E-state index contributed by atoms with van der Waals surface area (Å²) in [5.41, 5.74) is 5.59. The highest BCUT2D eigenvalue weighted by molar-refractivity contribution is 6.07. The maximum Gasteiger partial charge on any atom is 0.250 e. The number of methoxy groups -OCH3 is 2. The number of hydrogen-bond acceptors (Lipinski definition) is 8. The van der Waals surface area contributed by atoms with E-state index in [9.17, 15) is 9.59 Å². The number of nitrogen functional groups attached to an aromatic ring is 1. The van der Waals surface area contributed by atoms with Gasteiger partial charge in [0.15, 0.2) is 0 Å². The number of ether oxygens (including phenoxy) is 2. The Morgan fingerprint density at radius 1 is 1.06 bits per heavy atom. The van der Waals surface area contributed by atoms with Gasteiger partial charge in [0.05, 0.1) is 14.2 Å². The van der Waals surface area contributed by atoms with Crippen LogP contribution >= 0.6 is 0 Å². The summed E-state index contributed by atoms with van der Waals surface area (Å²) < 4.78 is 11.6. The third-order valence-corrected chi connectivity index (χ3v) is 5.44. The van der Waals surface area contributed by atoms with Crippen LogP contribution in [0.15, 0.2) is 48.5 Å². The molecule has 0 aliphatic carbocycles. The first kappa shape index (κ1) is 23.5. The highest BCUT2D eigenvalue weighted by Gasteiger charge is 2.42. The molecule has 33 heavy (non-hydrogen) atoms. The molecule has 11 nitrogen and oxygen atoms in total. The second kappa shape index (κ2) is 9.98. The van der Waals surface area contributed by atoms with Gasteiger partial charge < -0.3 is 20.5 Å². The first-order valence-corrected chi connectivity index (χ1v) is 10.3. The summed E-state index contributed by atoms with van der Waals surface area (Å²) >= 11 is 0. The summed E-state index contributed by atoms with van der Waals surface area (Å²) in [5, 5.41) is 13.7. The molecule has 0 aliphatic heterocycles. The van der Waals surface area contributed by atoms with Gasteiger partial charge in [-0.1, -0.05) is 12.0 Å². The van der Waals surface area contributed by atoms with Crippen LogP contribution in [0.25, 0.3) is 0 Å². The van der Waals surface area contributed by atoms with E-state index in [4.69, 9.17) is 15.2 Å². The molecule has 174 valence electrons. The largest absolute Gasteiger partial charge is 0.497 e. The molecule has 0 saturated heterocycles. The van der Waals surface area contributed by atoms with E-state index in [-0.39, 0.29) is 18.4 Å². The first-order chi connectivity index (χ1) is 15.8. The lowest BCUT2D eigenvalue weighted by molar-refractivity contribution is -0.127. The van der Waals surface area contributed by atoms with Crippen molar-refractivity contribution in [2.45, 2.75) is 32.4 Å². The summed E-state index contributed by atoms with van der Waals surface area (Å²) in [4.78, 5) is 28.4. The molecule has 3 N–H and O–H groups in total. The van der Waals surface area contributed by atoms with Crippen LogP contribution in [0.5, 0.6) is 11.5 Å². The van der Waals surface area contributed by atoms with Crippen LogP contribution in [0.4, 0.5) is 17.3 Å². The minimum Gasteiger partial charge on any atom is -0.497 e. The second-order valence-electron chi connectivity index (χ2n) is 7.43. The summed E-state index contributed by atoms with van der Waals surface area (Å²) in [6.45, 7) is 3.30. The van der Waals surface area contributed by atoms with Gasteiger partial charge in [0, 0.05) is 11.4 Å². The topological polar surface area (TPSA) is 137 Å². The van der Waals surface area contributed by atoms with Crippen molar-refractivity contribution in [3.63, 3.8) is 0 Å². The average Bonchev–Trinajstić information content (AvgIpc) is 3.23. The molecule has 0 radical (unpaired) electrons. The van der Waals surface area contributed by atoms with E-state index in [1.807, 2.05) is 6.92 Å². The van der Waals surface area contributed by atoms with E-state index >= 15 is 0 Å². The van der Waals surface area contributed by atoms with Gasteiger partial charge in [-0.3, -0.25) is 14.5 Å². The highest BCUT2D eigenvalue weighted by atomic mass is 16.5. The summed E-state index contributed by atoms with van der Waals surface area (Å²) in [7, 11) is 3.12. The molecular formula is C22H27N7O4. The van der Waals surface area contributed by atoms with Gasteiger partial charge in [-0.2, -0.15) is 0 Å². The molecule has 3 rings (SSSR count). The molecular weight excluding hydrogens is 426 g/mol. The quantitative estimate of drug-likeness (QED) is 0.502. The number of nitrogens with zero attached hydrogens (tertiary/aromatic N) is 5. The fraction of sp³-hybridized carbons (Fsp3) is 0.318. The van der Waals surface area contributed by atoms with Gasteiger partial charge in [0.2, 0.25) is 17.8 Å². The molecule has 0 fully saturated rings. The molecule has 0 bridgehead atoms. The Hall–Kier alpha value is -4.15. The standard InChI is InChI=1S/C22H27N7O4/c1-5-22(2,20(31)24-15-6-10-17(32-3)11-7-15)29(16-8-12-18(33-4)13-9-16)19(30)14-28-21(23)25-26-27-28/h6-13H,5,14H2,1-4H3,(H,24,31)(H2,23,25,27)/t22-/m0/s1. The van der Waals surface area contributed by atoms with Gasteiger partial charge in [-0.25, -0.2) is 4.68 Å². The van der Waals surface area contributed by atoms with Crippen molar-refractivity contribution in [3.05, 3.63) is 48.5 Å². The lowest BCUT2D eigenvalue weighted by Crippen LogP contribution is -2.58. The van der Waals surface area contributed by atoms with Crippen LogP contribution in [0.3, 0.4) is 0 Å². The number of rotatable bonds is 9. The lowest BCUT2D eigenvalue weighted by Gasteiger charge is -2.39. The second-order valence-corrected chi connectivity index (χ2v) is 7.43. The van der Waals surface area contributed by atoms with Crippen molar-refractivity contribution in [3.8, 4) is 11.5 Å². The third kappa shape index (κ3) is 5.03. The Morgan fingerprint density at radius 3 is 2.12 bits per heavy atom. The third-order valence-electron chi connectivity index (χ3n) is 5.44. The number of benzene rings is 2. The molecule has 11 heteroatoms. The predicted molar refractivity (Wildman–Crippen MR) is 123 cm³/mol. The Bertz CT molecular complexity index is 1100. The van der Waals surface area contributed by atoms with Crippen LogP contribution in [-0.4, -0.2) is 51.8 Å². The molecule has 0 aliphatic rings. The molecule has 0 saturated carbocycles. The number of nitrogens with one attached hydrogen (secondary N) is 1. The number of tetrazole rings is 1. The minimum absolute atomic E-state index is 0.00100. The van der Waals surface area contributed by atoms with E-state index in [0.29, 0.717) is 29.3 Å². The highest BCUT2D eigenvalue weighted by Crippen LogP contribution is 2.31. The van der Waals surface area contributed by atoms with Crippen molar-refractivity contribution >= 4 is 29.1 Å². The molecule has 1 heterocycles. The van der Waals surface area contributed by atoms with E-state index < -0.39 is 11.4 Å². The average molecular weight is 454 g/mol. The fourth-order valence-electron chi connectivity index (χ4n) is 3.32. The number of nitrogens with two attached hydrogens (primary N) is 1. The molecule has 2 aromatic carbocycles. The Balaban J connectivity index is 1.97. The van der Waals surface area contributed by atoms with E-state index in [1.165, 1.54) is 9.58 Å². The molecule has 0 unspecified atom stereocenters. The predicted octanol–water partition coefficient (Wildman–Crippen LogP) is 2.11. The summed E-state index contributed by atoms with van der Waals surface area (Å²) in [6.07, 6.45) is 0.331. The summed E-state index contributed by atoms with van der Waals surface area (Å²) in [5.74, 6) is 0.522. The minimum atomic E-state index is -1.24. The Morgan fingerprint density at radius 2 is 1.64 bits per heavy atom. The number of hydrogen-bond donors (Lipinski definition) is 2. The zero-order valence-electron chi connectivity index (χ0n) is 19.0. The van der Waals surface area contributed by atoms with Gasteiger partial charge in [0.25, 0.3) is 0 Å². The molecule has 0 spiro atoms. The first-order valence-electron chi connectivity index (χ1n) is 10.3. The van der Waals surface area contributed by atoms with E-state index in [1.54, 1.807) is 69.7 Å². The van der Waals surface area contributed by atoms with E-state index in [0.717, 1.165) is 0 Å². The van der Waals surface area contributed by atoms with Crippen molar-refractivity contribution in [2.75, 3.05) is 30.2 Å². The smallest absolute Gasteiger partial charge is 0.250 e.